The van der Waals surface area contributed by atoms with Gasteiger partial charge < -0.3 is 20.9 Å². The number of benzene rings is 3. The van der Waals surface area contributed by atoms with Crippen molar-refractivity contribution in [1.82, 2.24) is 9.88 Å². The van der Waals surface area contributed by atoms with E-state index in [1.165, 1.54) is 0 Å². The third-order valence-electron chi connectivity index (χ3n) is 7.28. The number of nitrogens with two attached hydrogens (primary N) is 1. The summed E-state index contributed by atoms with van der Waals surface area (Å²) in [6.45, 7) is 6.39. The Morgan fingerprint density at radius 2 is 1.63 bits per heavy atom. The topological polar surface area (TPSA) is 91.6 Å². The summed E-state index contributed by atoms with van der Waals surface area (Å²) in [5.74, 6) is 1.10. The van der Waals surface area contributed by atoms with Crippen LogP contribution in [0.3, 0.4) is 0 Å². The van der Waals surface area contributed by atoms with Crippen molar-refractivity contribution in [3.8, 4) is 11.1 Å². The average molecular weight is 550 g/mol. The highest BCUT2D eigenvalue weighted by molar-refractivity contribution is 6.06. The minimum Gasteiger partial charge on any atom is -0.397 e. The van der Waals surface area contributed by atoms with Gasteiger partial charge in [-0.05, 0) is 66.3 Å². The summed E-state index contributed by atoms with van der Waals surface area (Å²) in [6.07, 6.45) is 3.57. The Bertz CT molecular complexity index is 1420. The van der Waals surface area contributed by atoms with Crippen LogP contribution in [0.4, 0.5) is 17.2 Å². The van der Waals surface area contributed by atoms with Crippen molar-refractivity contribution in [2.75, 3.05) is 42.6 Å². The molecular formula is C34H39N5O2. The number of carbonyl (C=O) groups is 2. The van der Waals surface area contributed by atoms with Crippen molar-refractivity contribution >= 4 is 29.0 Å². The van der Waals surface area contributed by atoms with E-state index in [0.717, 1.165) is 55.0 Å². The summed E-state index contributed by atoms with van der Waals surface area (Å²) in [5.41, 5.74) is 10.4. The zero-order valence-electron chi connectivity index (χ0n) is 24.1. The first-order valence-corrected chi connectivity index (χ1v) is 14.3. The van der Waals surface area contributed by atoms with Gasteiger partial charge in [-0.1, -0.05) is 68.4 Å². The molecule has 1 unspecified atom stereocenters. The number of hydrogen-bond acceptors (Lipinski definition) is 5. The fraction of sp³-hybridized carbons (Fsp3) is 0.265. The van der Waals surface area contributed by atoms with E-state index in [2.05, 4.69) is 15.2 Å². The molecule has 41 heavy (non-hydrogen) atoms. The number of aromatic nitrogens is 1. The SMILES string of the molecule is CC.CN(CCC1CCN(C(=O)c2ccccc2)C1)c1ccc(C(=O)Nc2cc(-c3ccccc3)ccc2N)cn1. The molecule has 1 aliphatic rings. The van der Waals surface area contributed by atoms with Crippen LogP contribution in [-0.2, 0) is 0 Å². The van der Waals surface area contributed by atoms with Crippen LogP contribution in [0.2, 0.25) is 0 Å². The first kappa shape index (κ1) is 29.3. The molecule has 1 fully saturated rings. The van der Waals surface area contributed by atoms with Crippen LogP contribution in [0.5, 0.6) is 0 Å². The molecule has 0 radical (unpaired) electrons. The second kappa shape index (κ2) is 14.1. The highest BCUT2D eigenvalue weighted by Crippen LogP contribution is 2.28. The summed E-state index contributed by atoms with van der Waals surface area (Å²) in [7, 11) is 2.00. The van der Waals surface area contributed by atoms with Crippen molar-refractivity contribution in [2.24, 2.45) is 5.92 Å². The molecule has 3 N–H and O–H groups in total. The van der Waals surface area contributed by atoms with E-state index in [1.807, 2.05) is 105 Å². The number of carbonyl (C=O) groups excluding carboxylic acids is 2. The van der Waals surface area contributed by atoms with Gasteiger partial charge in [0.05, 0.1) is 16.9 Å². The molecule has 1 saturated heterocycles. The van der Waals surface area contributed by atoms with Crippen LogP contribution in [0.15, 0.2) is 97.2 Å². The van der Waals surface area contributed by atoms with E-state index in [4.69, 9.17) is 5.73 Å². The predicted octanol–water partition coefficient (Wildman–Crippen LogP) is 6.60. The van der Waals surface area contributed by atoms with Gasteiger partial charge in [-0.2, -0.15) is 0 Å². The largest absolute Gasteiger partial charge is 0.397 e. The number of anilines is 3. The zero-order valence-corrected chi connectivity index (χ0v) is 24.1. The third-order valence-corrected chi connectivity index (χ3v) is 7.28. The molecule has 212 valence electrons. The van der Waals surface area contributed by atoms with Crippen LogP contribution in [0.25, 0.3) is 11.1 Å². The molecule has 2 heterocycles. The number of pyridine rings is 1. The van der Waals surface area contributed by atoms with E-state index >= 15 is 0 Å². The number of nitrogen functional groups attached to an aromatic ring is 1. The van der Waals surface area contributed by atoms with Gasteiger partial charge in [0.1, 0.15) is 5.82 Å². The molecule has 2 amide bonds. The highest BCUT2D eigenvalue weighted by atomic mass is 16.2. The van der Waals surface area contributed by atoms with Crippen LogP contribution in [-0.4, -0.2) is 48.4 Å². The molecule has 0 spiro atoms. The monoisotopic (exact) mass is 549 g/mol. The van der Waals surface area contributed by atoms with Gasteiger partial charge in [-0.25, -0.2) is 4.98 Å². The fourth-order valence-corrected chi connectivity index (χ4v) is 4.92. The standard InChI is InChI=1S/C32H33N5O2.C2H6/c1-36(18-16-23-17-19-37(22-23)32(39)25-10-6-3-7-11-25)30-15-13-27(21-34-30)31(38)35-29-20-26(12-14-28(29)33)24-8-4-2-5-9-24;1-2/h2-15,20-21,23H,16-19,22,33H2,1H3,(H,35,38);1-2H3. The average Bonchev–Trinajstić information content (AvgIpc) is 3.51. The number of amides is 2. The number of likely N-dealkylation sites (tertiary alicyclic amines) is 1. The van der Waals surface area contributed by atoms with E-state index < -0.39 is 0 Å². The molecule has 4 aromatic rings. The van der Waals surface area contributed by atoms with Gasteiger partial charge in [-0.3, -0.25) is 9.59 Å². The van der Waals surface area contributed by atoms with Crippen molar-refractivity contribution in [3.05, 3.63) is 108 Å². The lowest BCUT2D eigenvalue weighted by Crippen LogP contribution is -2.29. The molecule has 1 atom stereocenters. The first-order valence-electron chi connectivity index (χ1n) is 14.3. The van der Waals surface area contributed by atoms with E-state index in [-0.39, 0.29) is 11.8 Å². The van der Waals surface area contributed by atoms with Gasteiger partial charge >= 0.3 is 0 Å². The van der Waals surface area contributed by atoms with Crippen molar-refractivity contribution < 1.29 is 9.59 Å². The quantitative estimate of drug-likeness (QED) is 0.242. The predicted molar refractivity (Wildman–Crippen MR) is 168 cm³/mol. The maximum atomic E-state index is 12.9. The zero-order chi connectivity index (χ0) is 29.2. The molecule has 0 bridgehead atoms. The van der Waals surface area contributed by atoms with Gasteiger partial charge in [-0.15, -0.1) is 0 Å². The van der Waals surface area contributed by atoms with Gasteiger partial charge in [0, 0.05) is 38.4 Å². The van der Waals surface area contributed by atoms with Crippen LogP contribution < -0.4 is 16.0 Å². The lowest BCUT2D eigenvalue weighted by atomic mass is 10.0. The third kappa shape index (κ3) is 7.51. The molecule has 5 rings (SSSR count). The smallest absolute Gasteiger partial charge is 0.257 e. The van der Waals surface area contributed by atoms with Crippen molar-refractivity contribution in [3.63, 3.8) is 0 Å². The minimum atomic E-state index is -0.261. The Balaban J connectivity index is 0.00000189. The Hall–Kier alpha value is -4.65. The van der Waals surface area contributed by atoms with Gasteiger partial charge in [0.15, 0.2) is 0 Å². The Morgan fingerprint density at radius 1 is 0.927 bits per heavy atom. The van der Waals surface area contributed by atoms with Crippen LogP contribution in [0.1, 0.15) is 47.4 Å². The number of nitrogens with zero attached hydrogens (tertiary/aromatic N) is 3. The summed E-state index contributed by atoms with van der Waals surface area (Å²) < 4.78 is 0. The maximum Gasteiger partial charge on any atom is 0.257 e. The molecular weight excluding hydrogens is 510 g/mol. The lowest BCUT2D eigenvalue weighted by molar-refractivity contribution is 0.0786. The highest BCUT2D eigenvalue weighted by Gasteiger charge is 2.27. The van der Waals surface area contributed by atoms with E-state index in [0.29, 0.717) is 22.9 Å². The lowest BCUT2D eigenvalue weighted by Gasteiger charge is -2.21. The maximum absolute atomic E-state index is 12.9. The second-order valence-corrected chi connectivity index (χ2v) is 10.0. The van der Waals surface area contributed by atoms with Gasteiger partial charge in [0.25, 0.3) is 11.8 Å². The van der Waals surface area contributed by atoms with Crippen molar-refractivity contribution in [2.45, 2.75) is 26.7 Å². The van der Waals surface area contributed by atoms with E-state index in [9.17, 15) is 9.59 Å². The first-order chi connectivity index (χ1) is 20.0. The molecule has 0 saturated carbocycles. The fourth-order valence-electron chi connectivity index (χ4n) is 4.92. The normalized spacial score (nSPS) is 14.1. The second-order valence-electron chi connectivity index (χ2n) is 10.0. The summed E-state index contributed by atoms with van der Waals surface area (Å²) in [4.78, 5) is 34.2. The van der Waals surface area contributed by atoms with Gasteiger partial charge in [0.2, 0.25) is 0 Å². The minimum absolute atomic E-state index is 0.107. The Morgan fingerprint density at radius 3 is 2.32 bits per heavy atom. The molecule has 7 nitrogen and oxygen atoms in total. The van der Waals surface area contributed by atoms with Crippen LogP contribution >= 0.6 is 0 Å². The molecule has 1 aromatic heterocycles. The summed E-state index contributed by atoms with van der Waals surface area (Å²) in [6, 6.07) is 28.7. The molecule has 0 aliphatic carbocycles. The molecule has 3 aromatic carbocycles. The number of rotatable bonds is 8. The molecule has 1 aliphatic heterocycles. The number of nitrogens with one attached hydrogen (secondary N) is 1. The van der Waals surface area contributed by atoms with Crippen LogP contribution in [0, 0.1) is 5.92 Å². The summed E-state index contributed by atoms with van der Waals surface area (Å²) in [5, 5.41) is 2.92. The Labute approximate surface area is 243 Å². The van der Waals surface area contributed by atoms with E-state index in [1.54, 1.807) is 18.3 Å². The Kier molecular flexibility index (Phi) is 10.1. The number of hydrogen-bond donors (Lipinski definition) is 2. The summed E-state index contributed by atoms with van der Waals surface area (Å²) >= 11 is 0. The van der Waals surface area contributed by atoms with Crippen molar-refractivity contribution in [1.29, 1.82) is 0 Å². The molecule has 7 heteroatoms.